The smallest absolute Gasteiger partial charge is 0.251 e. The lowest BCUT2D eigenvalue weighted by Gasteiger charge is -2.11. The molecule has 0 saturated heterocycles. The number of para-hydroxylation sites is 2. The highest BCUT2D eigenvalue weighted by atomic mass is 16.3. The molecule has 0 fully saturated rings. The summed E-state index contributed by atoms with van der Waals surface area (Å²) in [5.74, 6) is 1.06. The monoisotopic (exact) mass is 296 g/mol. The first-order chi connectivity index (χ1) is 10.5. The molecule has 3 rings (SSSR count). The van der Waals surface area contributed by atoms with Crippen LogP contribution in [0.5, 0.6) is 0 Å². The van der Waals surface area contributed by atoms with Crippen LogP contribution in [0.3, 0.4) is 0 Å². The Morgan fingerprint density at radius 1 is 1.23 bits per heavy atom. The van der Waals surface area contributed by atoms with E-state index in [2.05, 4.69) is 23.8 Å². The maximum Gasteiger partial charge on any atom is 0.251 e. The molecule has 4 nitrogen and oxygen atoms in total. The Morgan fingerprint density at radius 2 is 2.00 bits per heavy atom. The number of pyridine rings is 1. The number of aromatic amines is 1. The van der Waals surface area contributed by atoms with Crippen molar-refractivity contribution in [1.82, 2.24) is 9.97 Å². The fourth-order valence-electron chi connectivity index (χ4n) is 2.74. The number of hydrogen-bond acceptors (Lipinski definition) is 3. The second-order valence-electron chi connectivity index (χ2n) is 5.93. The molecule has 4 heteroatoms. The summed E-state index contributed by atoms with van der Waals surface area (Å²) in [7, 11) is 0. The quantitative estimate of drug-likeness (QED) is 0.798. The molecule has 2 aromatic heterocycles. The van der Waals surface area contributed by atoms with Crippen molar-refractivity contribution in [3.05, 3.63) is 63.4 Å². The van der Waals surface area contributed by atoms with Crippen molar-refractivity contribution >= 4 is 11.1 Å². The lowest BCUT2D eigenvalue weighted by atomic mass is 9.98. The number of aromatic nitrogens is 2. The normalized spacial score (nSPS) is 11.5. The molecule has 0 saturated carbocycles. The highest BCUT2D eigenvalue weighted by Gasteiger charge is 2.11. The van der Waals surface area contributed by atoms with Crippen molar-refractivity contribution in [2.24, 2.45) is 0 Å². The number of nitrogens with zero attached hydrogens (tertiary/aromatic N) is 1. The maximum absolute atomic E-state index is 12.1. The summed E-state index contributed by atoms with van der Waals surface area (Å²) >= 11 is 0. The van der Waals surface area contributed by atoms with Crippen molar-refractivity contribution in [1.29, 1.82) is 0 Å². The topological polar surface area (TPSA) is 58.9 Å². The zero-order valence-electron chi connectivity index (χ0n) is 13.1. The van der Waals surface area contributed by atoms with Gasteiger partial charge in [-0.3, -0.25) is 4.79 Å². The molecule has 22 heavy (non-hydrogen) atoms. The molecule has 0 amide bonds. The summed E-state index contributed by atoms with van der Waals surface area (Å²) in [5.41, 5.74) is 4.56. The molecule has 2 heterocycles. The molecular formula is C18H20N2O2. The Kier molecular flexibility index (Phi) is 3.84. The number of rotatable bonds is 4. The Morgan fingerprint density at radius 3 is 2.73 bits per heavy atom. The second kappa shape index (κ2) is 5.79. The van der Waals surface area contributed by atoms with Gasteiger partial charge in [0.15, 0.2) is 11.5 Å². The first-order valence-electron chi connectivity index (χ1n) is 7.61. The average molecular weight is 296 g/mol. The first kappa shape index (κ1) is 14.6. The van der Waals surface area contributed by atoms with E-state index in [-0.39, 0.29) is 5.56 Å². The van der Waals surface area contributed by atoms with E-state index in [1.807, 2.05) is 37.3 Å². The van der Waals surface area contributed by atoms with Crippen molar-refractivity contribution < 1.29 is 4.42 Å². The number of oxazole rings is 1. The molecule has 0 aliphatic carbocycles. The minimum Gasteiger partial charge on any atom is -0.441 e. The number of H-pyrrole nitrogens is 1. The molecule has 0 radical (unpaired) electrons. The van der Waals surface area contributed by atoms with Gasteiger partial charge < -0.3 is 9.40 Å². The number of nitrogens with one attached hydrogen (secondary N) is 1. The summed E-state index contributed by atoms with van der Waals surface area (Å²) in [6.45, 7) is 6.21. The van der Waals surface area contributed by atoms with Crippen molar-refractivity contribution in [3.63, 3.8) is 0 Å². The largest absolute Gasteiger partial charge is 0.441 e. The molecule has 0 unspecified atom stereocenters. The van der Waals surface area contributed by atoms with Crippen LogP contribution in [0, 0.1) is 6.92 Å². The van der Waals surface area contributed by atoms with Gasteiger partial charge in [0.25, 0.3) is 5.56 Å². The number of hydrogen-bond donors (Lipinski definition) is 1. The van der Waals surface area contributed by atoms with E-state index in [9.17, 15) is 4.79 Å². The Hall–Kier alpha value is -2.36. The van der Waals surface area contributed by atoms with Crippen molar-refractivity contribution in [3.8, 4) is 0 Å². The average Bonchev–Trinajstić information content (AvgIpc) is 2.88. The molecule has 0 atom stereocenters. The Labute approximate surface area is 129 Å². The third-order valence-electron chi connectivity index (χ3n) is 3.92. The summed E-state index contributed by atoms with van der Waals surface area (Å²) < 4.78 is 5.71. The van der Waals surface area contributed by atoms with E-state index in [4.69, 9.17) is 4.42 Å². The minimum absolute atomic E-state index is 0.0157. The highest BCUT2D eigenvalue weighted by Crippen LogP contribution is 2.19. The fraction of sp³-hybridized carbons (Fsp3) is 0.333. The lowest BCUT2D eigenvalue weighted by Crippen LogP contribution is -2.16. The van der Waals surface area contributed by atoms with Crippen LogP contribution in [0.4, 0.5) is 0 Å². The summed E-state index contributed by atoms with van der Waals surface area (Å²) in [5, 5.41) is 0. The fourth-order valence-corrected chi connectivity index (χ4v) is 2.74. The summed E-state index contributed by atoms with van der Waals surface area (Å²) in [4.78, 5) is 19.5. The third-order valence-corrected chi connectivity index (χ3v) is 3.92. The number of benzene rings is 1. The maximum atomic E-state index is 12.1. The van der Waals surface area contributed by atoms with Gasteiger partial charge in [-0.15, -0.1) is 0 Å². The Balaban J connectivity index is 1.84. The van der Waals surface area contributed by atoms with Crippen LogP contribution < -0.4 is 5.56 Å². The van der Waals surface area contributed by atoms with Gasteiger partial charge in [0.05, 0.1) is 0 Å². The molecule has 0 aliphatic heterocycles. The molecule has 3 aromatic rings. The molecule has 114 valence electrons. The van der Waals surface area contributed by atoms with Gasteiger partial charge in [-0.2, -0.15) is 0 Å². The van der Waals surface area contributed by atoms with E-state index in [0.717, 1.165) is 22.4 Å². The number of aryl methyl sites for hydroxylation is 3. The predicted octanol–water partition coefficient (Wildman–Crippen LogP) is 3.73. The summed E-state index contributed by atoms with van der Waals surface area (Å²) in [6.07, 6.45) is 1.25. The lowest BCUT2D eigenvalue weighted by molar-refractivity contribution is 0.527. The first-order valence-corrected chi connectivity index (χ1v) is 7.61. The zero-order chi connectivity index (χ0) is 15.7. The van der Waals surface area contributed by atoms with Crippen molar-refractivity contribution in [2.75, 3.05) is 0 Å². The highest BCUT2D eigenvalue weighted by molar-refractivity contribution is 5.72. The summed E-state index contributed by atoms with van der Waals surface area (Å²) in [6, 6.07) is 9.71. The SMILES string of the molecule is Cc1[nH]c(=O)c(CCc2nc3ccccc3o2)cc1C(C)C. The van der Waals surface area contributed by atoms with Crippen LogP contribution >= 0.6 is 0 Å². The Bertz CT molecular complexity index is 826. The second-order valence-corrected chi connectivity index (χ2v) is 5.93. The van der Waals surface area contributed by atoms with Crippen LogP contribution in [0.2, 0.25) is 0 Å². The van der Waals surface area contributed by atoms with Crippen LogP contribution in [0.1, 0.15) is 42.5 Å². The minimum atomic E-state index is -0.0157. The predicted molar refractivity (Wildman–Crippen MR) is 87.3 cm³/mol. The van der Waals surface area contributed by atoms with Crippen LogP contribution in [0.15, 0.2) is 39.5 Å². The van der Waals surface area contributed by atoms with E-state index in [1.165, 1.54) is 5.56 Å². The van der Waals surface area contributed by atoms with Crippen LogP contribution in [-0.2, 0) is 12.8 Å². The molecule has 0 spiro atoms. The van der Waals surface area contributed by atoms with Gasteiger partial charge in [0.2, 0.25) is 0 Å². The number of fused-ring (bicyclic) bond motifs is 1. The van der Waals surface area contributed by atoms with E-state index >= 15 is 0 Å². The van der Waals surface area contributed by atoms with Gasteiger partial charge >= 0.3 is 0 Å². The van der Waals surface area contributed by atoms with Crippen molar-refractivity contribution in [2.45, 2.75) is 39.5 Å². The molecule has 1 N–H and O–H groups in total. The van der Waals surface area contributed by atoms with Gasteiger partial charge in [-0.05, 0) is 43.0 Å². The van der Waals surface area contributed by atoms with E-state index in [1.54, 1.807) is 0 Å². The van der Waals surface area contributed by atoms with Gasteiger partial charge in [0.1, 0.15) is 5.52 Å². The van der Waals surface area contributed by atoms with Gasteiger partial charge in [-0.25, -0.2) is 4.98 Å². The zero-order valence-corrected chi connectivity index (χ0v) is 13.1. The molecule has 1 aromatic carbocycles. The van der Waals surface area contributed by atoms with Crippen LogP contribution in [-0.4, -0.2) is 9.97 Å². The molecule has 0 bridgehead atoms. The molecular weight excluding hydrogens is 276 g/mol. The van der Waals surface area contributed by atoms with Gasteiger partial charge in [0, 0.05) is 17.7 Å². The standard InChI is InChI=1S/C18H20N2O2/c1-11(2)14-10-13(18(21)19-12(14)3)8-9-17-20-15-6-4-5-7-16(15)22-17/h4-7,10-11H,8-9H2,1-3H3,(H,19,21). The van der Waals surface area contributed by atoms with E-state index in [0.29, 0.717) is 24.7 Å². The van der Waals surface area contributed by atoms with Crippen LogP contribution in [0.25, 0.3) is 11.1 Å². The third kappa shape index (κ3) is 2.82. The van der Waals surface area contributed by atoms with Gasteiger partial charge in [-0.1, -0.05) is 26.0 Å². The molecule has 0 aliphatic rings. The van der Waals surface area contributed by atoms with E-state index < -0.39 is 0 Å².